The molecule has 0 fully saturated rings. The molecule has 4 rings (SSSR count). The highest BCUT2D eigenvalue weighted by Crippen LogP contribution is 2.31. The number of amides is 1. The van der Waals surface area contributed by atoms with Crippen molar-refractivity contribution in [3.63, 3.8) is 0 Å². The Morgan fingerprint density at radius 3 is 2.29 bits per heavy atom. The molecule has 0 saturated carbocycles. The molecule has 180 valence electrons. The van der Waals surface area contributed by atoms with Crippen LogP contribution in [0.2, 0.25) is 0 Å². The van der Waals surface area contributed by atoms with Crippen LogP contribution in [0, 0.1) is 3.57 Å². The van der Waals surface area contributed by atoms with Gasteiger partial charge in [0, 0.05) is 40.0 Å². The number of ether oxygens (including phenoxy) is 2. The third-order valence-corrected chi connectivity index (χ3v) is 6.25. The Bertz CT molecular complexity index is 1270. The molecule has 0 saturated heterocycles. The van der Waals surface area contributed by atoms with Gasteiger partial charge in [-0.3, -0.25) is 0 Å². The minimum Gasteiger partial charge on any atom is -0.444 e. The van der Waals surface area contributed by atoms with Gasteiger partial charge in [-0.15, -0.1) is 0 Å². The first-order chi connectivity index (χ1) is 15.8. The zero-order valence-corrected chi connectivity index (χ0v) is 22.6. The van der Waals surface area contributed by atoms with Gasteiger partial charge < -0.3 is 14.4 Å². The number of fused-ring (bicyclic) bond motifs is 2. The van der Waals surface area contributed by atoms with E-state index in [9.17, 15) is 9.59 Å². The molecule has 0 unspecified atom stereocenters. The fourth-order valence-electron chi connectivity index (χ4n) is 3.90. The molecule has 0 radical (unpaired) electrons. The van der Waals surface area contributed by atoms with Crippen molar-refractivity contribution in [2.45, 2.75) is 65.7 Å². The third kappa shape index (κ3) is 5.37. The van der Waals surface area contributed by atoms with Crippen molar-refractivity contribution in [1.29, 1.82) is 0 Å². The van der Waals surface area contributed by atoms with Crippen molar-refractivity contribution >= 4 is 45.8 Å². The van der Waals surface area contributed by atoms with E-state index >= 15 is 0 Å². The van der Waals surface area contributed by atoms with Gasteiger partial charge in [0.1, 0.15) is 11.2 Å². The zero-order chi connectivity index (χ0) is 24.8. The van der Waals surface area contributed by atoms with E-state index in [2.05, 4.69) is 45.8 Å². The summed E-state index contributed by atoms with van der Waals surface area (Å²) in [4.78, 5) is 31.5. The van der Waals surface area contributed by atoms with Gasteiger partial charge in [-0.1, -0.05) is 12.1 Å². The molecule has 2 aromatic heterocycles. The number of nitrogens with zero attached hydrogens (tertiary/aromatic N) is 3. The van der Waals surface area contributed by atoms with E-state index < -0.39 is 17.3 Å². The lowest BCUT2D eigenvalue weighted by molar-refractivity contribution is 0.0223. The van der Waals surface area contributed by atoms with Crippen LogP contribution in [0.4, 0.5) is 9.59 Å². The smallest absolute Gasteiger partial charge is 0.420 e. The van der Waals surface area contributed by atoms with E-state index in [1.807, 2.05) is 47.6 Å². The molecular weight excluding hydrogens is 545 g/mol. The molecular formula is C26H30IN3O4. The normalized spacial score (nSPS) is 14.1. The third-order valence-electron chi connectivity index (χ3n) is 5.39. The molecule has 3 heterocycles. The molecule has 0 spiro atoms. The van der Waals surface area contributed by atoms with Crippen molar-refractivity contribution in [2.24, 2.45) is 0 Å². The van der Waals surface area contributed by atoms with Gasteiger partial charge in [0.15, 0.2) is 5.65 Å². The second kappa shape index (κ2) is 8.87. The van der Waals surface area contributed by atoms with Gasteiger partial charge in [0.25, 0.3) is 0 Å². The first kappa shape index (κ1) is 24.5. The van der Waals surface area contributed by atoms with Crippen molar-refractivity contribution < 1.29 is 19.1 Å². The lowest BCUT2D eigenvalue weighted by Crippen LogP contribution is -2.39. The van der Waals surface area contributed by atoms with Gasteiger partial charge >= 0.3 is 12.2 Å². The predicted octanol–water partition coefficient (Wildman–Crippen LogP) is 6.38. The number of halogens is 1. The highest BCUT2D eigenvalue weighted by Gasteiger charge is 2.26. The van der Waals surface area contributed by atoms with Gasteiger partial charge in [-0.2, -0.15) is 0 Å². The SMILES string of the molecule is CC(C)(C)OC(=O)N1CCc2ccc(-c3cnc4c(c3)c(I)cn4C(=O)OC(C)(C)C)cc2C1. The Kier molecular flexibility index (Phi) is 6.39. The average molecular weight is 575 g/mol. The van der Waals surface area contributed by atoms with Crippen molar-refractivity contribution in [1.82, 2.24) is 14.5 Å². The number of carbonyl (C=O) groups is 2. The summed E-state index contributed by atoms with van der Waals surface area (Å²) < 4.78 is 13.5. The number of rotatable bonds is 1. The van der Waals surface area contributed by atoms with Crippen LogP contribution >= 0.6 is 22.6 Å². The van der Waals surface area contributed by atoms with E-state index in [0.29, 0.717) is 18.7 Å². The summed E-state index contributed by atoms with van der Waals surface area (Å²) in [5, 5.41) is 0.886. The summed E-state index contributed by atoms with van der Waals surface area (Å²) in [7, 11) is 0. The van der Waals surface area contributed by atoms with E-state index in [1.165, 1.54) is 10.1 Å². The van der Waals surface area contributed by atoms with Crippen LogP contribution in [0.3, 0.4) is 0 Å². The Balaban J connectivity index is 1.62. The van der Waals surface area contributed by atoms with Crippen LogP contribution in [0.25, 0.3) is 22.2 Å². The maximum atomic E-state index is 12.6. The van der Waals surface area contributed by atoms with E-state index in [4.69, 9.17) is 9.47 Å². The lowest BCUT2D eigenvalue weighted by atomic mass is 9.95. The first-order valence-electron chi connectivity index (χ1n) is 11.3. The Morgan fingerprint density at radius 2 is 1.62 bits per heavy atom. The van der Waals surface area contributed by atoms with Gasteiger partial charge in [0.05, 0.1) is 0 Å². The number of hydrogen-bond acceptors (Lipinski definition) is 5. The lowest BCUT2D eigenvalue weighted by Gasteiger charge is -2.31. The number of pyridine rings is 1. The Labute approximate surface area is 213 Å². The quantitative estimate of drug-likeness (QED) is 0.315. The molecule has 8 heteroatoms. The molecule has 0 aliphatic carbocycles. The highest BCUT2D eigenvalue weighted by molar-refractivity contribution is 14.1. The number of hydrogen-bond donors (Lipinski definition) is 0. The fraction of sp³-hybridized carbons (Fsp3) is 0.423. The van der Waals surface area contributed by atoms with Crippen LogP contribution in [0.5, 0.6) is 0 Å². The maximum absolute atomic E-state index is 12.6. The highest BCUT2D eigenvalue weighted by atomic mass is 127. The standard InChI is InChI=1S/C26H30IN3O4/c1-25(2,3)33-23(31)29-10-9-16-7-8-17(11-19(16)14-29)18-12-20-21(27)15-30(22(20)28-13-18)24(32)34-26(4,5)6/h7-8,11-13,15H,9-10,14H2,1-6H3. The number of benzene rings is 1. The van der Waals surface area contributed by atoms with Gasteiger partial charge in [-0.05, 0) is 99.4 Å². The molecule has 1 aliphatic rings. The number of aromatic nitrogens is 2. The molecule has 1 amide bonds. The summed E-state index contributed by atoms with van der Waals surface area (Å²) in [6.45, 7) is 12.3. The zero-order valence-electron chi connectivity index (χ0n) is 20.4. The molecule has 0 atom stereocenters. The minimum atomic E-state index is -0.588. The number of carbonyl (C=O) groups excluding carboxylic acids is 2. The van der Waals surface area contributed by atoms with Crippen LogP contribution in [0.1, 0.15) is 52.7 Å². The van der Waals surface area contributed by atoms with Gasteiger partial charge in [0.2, 0.25) is 0 Å². The van der Waals surface area contributed by atoms with Crippen LogP contribution in [-0.4, -0.2) is 44.4 Å². The molecule has 3 aromatic rings. The molecule has 1 aromatic carbocycles. The largest absolute Gasteiger partial charge is 0.444 e. The second-order valence-electron chi connectivity index (χ2n) is 10.6. The maximum Gasteiger partial charge on any atom is 0.420 e. The predicted molar refractivity (Wildman–Crippen MR) is 140 cm³/mol. The van der Waals surface area contributed by atoms with E-state index in [-0.39, 0.29) is 6.09 Å². The van der Waals surface area contributed by atoms with E-state index in [0.717, 1.165) is 32.1 Å². The molecule has 0 bridgehead atoms. The van der Waals surface area contributed by atoms with Crippen LogP contribution in [-0.2, 0) is 22.4 Å². The molecule has 1 aliphatic heterocycles. The van der Waals surface area contributed by atoms with Gasteiger partial charge in [-0.25, -0.2) is 19.1 Å². The van der Waals surface area contributed by atoms with E-state index in [1.54, 1.807) is 17.3 Å². The summed E-state index contributed by atoms with van der Waals surface area (Å²) in [5.74, 6) is 0. The Hall–Kier alpha value is -2.62. The average Bonchev–Trinajstić information content (AvgIpc) is 3.07. The van der Waals surface area contributed by atoms with Crippen molar-refractivity contribution in [3.05, 3.63) is 51.4 Å². The summed E-state index contributed by atoms with van der Waals surface area (Å²) in [5.41, 5.74) is 3.77. The molecule has 7 nitrogen and oxygen atoms in total. The minimum absolute atomic E-state index is 0.287. The fourth-order valence-corrected chi connectivity index (χ4v) is 4.57. The molecule has 0 N–H and O–H groups in total. The first-order valence-corrected chi connectivity index (χ1v) is 12.4. The van der Waals surface area contributed by atoms with Crippen molar-refractivity contribution in [2.75, 3.05) is 6.54 Å². The summed E-state index contributed by atoms with van der Waals surface area (Å²) in [6, 6.07) is 8.37. The van der Waals surface area contributed by atoms with Crippen LogP contribution in [0.15, 0.2) is 36.7 Å². The summed E-state index contributed by atoms with van der Waals surface area (Å²) in [6.07, 6.45) is 3.58. The summed E-state index contributed by atoms with van der Waals surface area (Å²) >= 11 is 2.21. The topological polar surface area (TPSA) is 73.7 Å². The van der Waals surface area contributed by atoms with Crippen LogP contribution < -0.4 is 0 Å². The Morgan fingerprint density at radius 1 is 0.941 bits per heavy atom. The monoisotopic (exact) mass is 575 g/mol. The molecule has 34 heavy (non-hydrogen) atoms. The van der Waals surface area contributed by atoms with Crippen molar-refractivity contribution in [3.8, 4) is 11.1 Å². The second-order valence-corrected chi connectivity index (χ2v) is 11.7.